The van der Waals surface area contributed by atoms with Crippen molar-refractivity contribution in [3.63, 3.8) is 0 Å². The molecule has 2 N–H and O–H groups in total. The molecule has 6 nitrogen and oxygen atoms in total. The zero-order valence-electron chi connectivity index (χ0n) is 17.4. The SMILES string of the molecule is COc1ccc(C=CC(=O)NC(C)C(=O)NCC(c2ccccc2)N(C)C)cc1. The Morgan fingerprint density at radius 3 is 2.31 bits per heavy atom. The molecule has 2 atom stereocenters. The van der Waals surface area contributed by atoms with E-state index in [1.54, 1.807) is 20.1 Å². The average molecular weight is 396 g/mol. The van der Waals surface area contributed by atoms with E-state index in [0.717, 1.165) is 16.9 Å². The Labute approximate surface area is 172 Å². The van der Waals surface area contributed by atoms with Gasteiger partial charge in [-0.1, -0.05) is 42.5 Å². The summed E-state index contributed by atoms with van der Waals surface area (Å²) in [6, 6.07) is 16.7. The number of hydrogen-bond acceptors (Lipinski definition) is 4. The number of likely N-dealkylation sites (N-methyl/N-ethyl adjacent to an activating group) is 1. The summed E-state index contributed by atoms with van der Waals surface area (Å²) in [5.41, 5.74) is 1.99. The van der Waals surface area contributed by atoms with E-state index in [2.05, 4.69) is 15.5 Å². The molecule has 0 aliphatic rings. The fourth-order valence-electron chi connectivity index (χ4n) is 2.84. The average Bonchev–Trinajstić information content (AvgIpc) is 2.73. The predicted molar refractivity (Wildman–Crippen MR) is 116 cm³/mol. The van der Waals surface area contributed by atoms with Crippen molar-refractivity contribution < 1.29 is 14.3 Å². The van der Waals surface area contributed by atoms with E-state index in [-0.39, 0.29) is 17.9 Å². The molecular formula is C23H29N3O3. The Hall–Kier alpha value is -3.12. The summed E-state index contributed by atoms with van der Waals surface area (Å²) in [5.74, 6) is 0.207. The third-order valence-electron chi connectivity index (χ3n) is 4.57. The first kappa shape index (κ1) is 22.2. The lowest BCUT2D eigenvalue weighted by Gasteiger charge is -2.25. The van der Waals surface area contributed by atoms with Gasteiger partial charge in [0.1, 0.15) is 11.8 Å². The van der Waals surface area contributed by atoms with Gasteiger partial charge in [-0.2, -0.15) is 0 Å². The molecule has 0 saturated heterocycles. The Morgan fingerprint density at radius 2 is 1.72 bits per heavy atom. The van der Waals surface area contributed by atoms with Crippen molar-refractivity contribution in [2.45, 2.75) is 19.0 Å². The molecule has 0 bridgehead atoms. The van der Waals surface area contributed by atoms with Gasteiger partial charge in [-0.3, -0.25) is 9.59 Å². The maximum Gasteiger partial charge on any atom is 0.244 e. The van der Waals surface area contributed by atoms with Gasteiger partial charge in [0.05, 0.1) is 13.2 Å². The fraction of sp³-hybridized carbons (Fsp3) is 0.304. The lowest BCUT2D eigenvalue weighted by atomic mass is 10.1. The minimum Gasteiger partial charge on any atom is -0.497 e. The topological polar surface area (TPSA) is 70.7 Å². The van der Waals surface area contributed by atoms with E-state index in [1.165, 1.54) is 6.08 Å². The number of methoxy groups -OCH3 is 1. The quantitative estimate of drug-likeness (QED) is 0.641. The number of carbonyl (C=O) groups is 2. The first-order valence-electron chi connectivity index (χ1n) is 9.52. The van der Waals surface area contributed by atoms with Crippen LogP contribution >= 0.6 is 0 Å². The maximum atomic E-state index is 12.4. The van der Waals surface area contributed by atoms with Gasteiger partial charge in [-0.15, -0.1) is 0 Å². The molecule has 0 radical (unpaired) electrons. The van der Waals surface area contributed by atoms with Crippen LogP contribution in [-0.4, -0.2) is 50.5 Å². The third kappa shape index (κ3) is 7.08. The Morgan fingerprint density at radius 1 is 1.07 bits per heavy atom. The van der Waals surface area contributed by atoms with Crippen molar-refractivity contribution in [2.75, 3.05) is 27.7 Å². The summed E-state index contributed by atoms with van der Waals surface area (Å²) < 4.78 is 5.11. The molecule has 0 saturated carbocycles. The van der Waals surface area contributed by atoms with Gasteiger partial charge in [0, 0.05) is 12.6 Å². The third-order valence-corrected chi connectivity index (χ3v) is 4.57. The van der Waals surface area contributed by atoms with Crippen LogP contribution in [0.1, 0.15) is 24.1 Å². The highest BCUT2D eigenvalue weighted by Crippen LogP contribution is 2.16. The number of nitrogens with one attached hydrogen (secondary N) is 2. The fourth-order valence-corrected chi connectivity index (χ4v) is 2.84. The van der Waals surface area contributed by atoms with Crippen LogP contribution in [-0.2, 0) is 9.59 Å². The second-order valence-corrected chi connectivity index (χ2v) is 6.97. The van der Waals surface area contributed by atoms with E-state index in [1.807, 2.05) is 68.7 Å². The number of carbonyl (C=O) groups excluding carboxylic acids is 2. The molecule has 2 aromatic carbocycles. The number of ether oxygens (including phenoxy) is 1. The highest BCUT2D eigenvalue weighted by atomic mass is 16.5. The summed E-state index contributed by atoms with van der Waals surface area (Å²) in [5, 5.41) is 5.61. The molecular weight excluding hydrogens is 366 g/mol. The molecule has 6 heteroatoms. The lowest BCUT2D eigenvalue weighted by molar-refractivity contribution is -0.126. The molecule has 154 valence electrons. The van der Waals surface area contributed by atoms with Gasteiger partial charge < -0.3 is 20.3 Å². The first-order chi connectivity index (χ1) is 13.9. The molecule has 0 heterocycles. The smallest absolute Gasteiger partial charge is 0.244 e. The van der Waals surface area contributed by atoms with Gasteiger partial charge in [-0.25, -0.2) is 0 Å². The van der Waals surface area contributed by atoms with Crippen molar-refractivity contribution in [1.82, 2.24) is 15.5 Å². The zero-order valence-corrected chi connectivity index (χ0v) is 17.4. The van der Waals surface area contributed by atoms with Crippen LogP contribution in [0.3, 0.4) is 0 Å². The standard InChI is InChI=1S/C23H29N3O3/c1-17(25-22(27)15-12-18-10-13-20(29-4)14-11-18)23(28)24-16-21(26(2)3)19-8-6-5-7-9-19/h5-15,17,21H,16H2,1-4H3,(H,24,28)(H,25,27). The van der Waals surface area contributed by atoms with Crippen LogP contribution in [0.4, 0.5) is 0 Å². The molecule has 29 heavy (non-hydrogen) atoms. The van der Waals surface area contributed by atoms with Crippen molar-refractivity contribution in [1.29, 1.82) is 0 Å². The van der Waals surface area contributed by atoms with E-state index < -0.39 is 6.04 Å². The first-order valence-corrected chi connectivity index (χ1v) is 9.52. The second-order valence-electron chi connectivity index (χ2n) is 6.97. The molecule has 2 amide bonds. The summed E-state index contributed by atoms with van der Waals surface area (Å²) in [7, 11) is 5.54. The second kappa shape index (κ2) is 11.0. The summed E-state index contributed by atoms with van der Waals surface area (Å²) in [6.45, 7) is 2.12. The minimum absolute atomic E-state index is 0.0537. The Balaban J connectivity index is 1.85. The Kier molecular flexibility index (Phi) is 8.43. The van der Waals surface area contributed by atoms with Crippen LogP contribution in [0.5, 0.6) is 5.75 Å². The zero-order chi connectivity index (χ0) is 21.2. The van der Waals surface area contributed by atoms with Crippen LogP contribution in [0.15, 0.2) is 60.7 Å². The molecule has 2 rings (SSSR count). The Bertz CT molecular complexity index is 817. The normalized spacial score (nSPS) is 13.1. The van der Waals surface area contributed by atoms with Crippen LogP contribution in [0, 0.1) is 0 Å². The monoisotopic (exact) mass is 395 g/mol. The molecule has 0 aliphatic heterocycles. The molecule has 2 aromatic rings. The number of nitrogens with zero attached hydrogens (tertiary/aromatic N) is 1. The van der Waals surface area contributed by atoms with E-state index >= 15 is 0 Å². The number of hydrogen-bond donors (Lipinski definition) is 2. The molecule has 0 fully saturated rings. The number of benzene rings is 2. The lowest BCUT2D eigenvalue weighted by Crippen LogP contribution is -2.46. The van der Waals surface area contributed by atoms with Crippen molar-refractivity contribution in [2.24, 2.45) is 0 Å². The van der Waals surface area contributed by atoms with Crippen molar-refractivity contribution in [3.05, 3.63) is 71.8 Å². The highest BCUT2D eigenvalue weighted by Gasteiger charge is 2.18. The number of rotatable bonds is 9. The maximum absolute atomic E-state index is 12.4. The van der Waals surface area contributed by atoms with Gasteiger partial charge in [0.25, 0.3) is 0 Å². The van der Waals surface area contributed by atoms with E-state index in [4.69, 9.17) is 4.74 Å². The predicted octanol–water partition coefficient (Wildman–Crippen LogP) is 2.63. The van der Waals surface area contributed by atoms with Gasteiger partial charge in [-0.05, 0) is 50.4 Å². The van der Waals surface area contributed by atoms with Crippen molar-refractivity contribution >= 4 is 17.9 Å². The van der Waals surface area contributed by atoms with Crippen LogP contribution < -0.4 is 15.4 Å². The highest BCUT2D eigenvalue weighted by molar-refractivity contribution is 5.95. The molecule has 0 aliphatic carbocycles. The molecule has 0 spiro atoms. The van der Waals surface area contributed by atoms with Gasteiger partial charge in [0.15, 0.2) is 0 Å². The number of amides is 2. The minimum atomic E-state index is -0.637. The molecule has 2 unspecified atom stereocenters. The summed E-state index contributed by atoms with van der Waals surface area (Å²) >= 11 is 0. The van der Waals surface area contributed by atoms with Gasteiger partial charge >= 0.3 is 0 Å². The van der Waals surface area contributed by atoms with Gasteiger partial charge in [0.2, 0.25) is 11.8 Å². The van der Waals surface area contributed by atoms with Crippen LogP contribution in [0.2, 0.25) is 0 Å². The summed E-state index contributed by atoms with van der Waals surface area (Å²) in [6.07, 6.45) is 3.11. The van der Waals surface area contributed by atoms with Crippen molar-refractivity contribution in [3.8, 4) is 5.75 Å². The summed E-state index contributed by atoms with van der Waals surface area (Å²) in [4.78, 5) is 26.6. The largest absolute Gasteiger partial charge is 0.497 e. The van der Waals surface area contributed by atoms with E-state index in [9.17, 15) is 9.59 Å². The van der Waals surface area contributed by atoms with Crippen LogP contribution in [0.25, 0.3) is 6.08 Å². The molecule has 0 aromatic heterocycles. The van der Waals surface area contributed by atoms with E-state index in [0.29, 0.717) is 6.54 Å².